The van der Waals surface area contributed by atoms with Gasteiger partial charge in [-0.15, -0.1) is 0 Å². The van der Waals surface area contributed by atoms with E-state index in [2.05, 4.69) is 15.0 Å². The highest BCUT2D eigenvalue weighted by atomic mass is 16.5. The van der Waals surface area contributed by atoms with Crippen molar-refractivity contribution in [1.82, 2.24) is 10.3 Å². The van der Waals surface area contributed by atoms with Crippen LogP contribution in [-0.4, -0.2) is 24.6 Å². The Kier molecular flexibility index (Phi) is 3.92. The third-order valence-electron chi connectivity index (χ3n) is 1.49. The fraction of sp³-hybridized carbons (Fsp3) is 0.333. The minimum Gasteiger partial charge on any atom is -0.375 e. The fourth-order valence-electron chi connectivity index (χ4n) is 0.885. The number of nitrogens with zero attached hydrogens (tertiary/aromatic N) is 1. The summed E-state index contributed by atoms with van der Waals surface area (Å²) in [5.41, 5.74) is 0.979. The van der Waals surface area contributed by atoms with E-state index in [1.807, 2.05) is 12.1 Å². The minimum atomic E-state index is -0.119. The zero-order chi connectivity index (χ0) is 9.52. The van der Waals surface area contributed by atoms with Gasteiger partial charge in [-0.05, 0) is 11.6 Å². The van der Waals surface area contributed by atoms with Crippen LogP contribution in [0.2, 0.25) is 0 Å². The van der Waals surface area contributed by atoms with Crippen molar-refractivity contribution in [3.8, 4) is 0 Å². The van der Waals surface area contributed by atoms with Gasteiger partial charge in [0.2, 0.25) is 5.91 Å². The van der Waals surface area contributed by atoms with Gasteiger partial charge in [0.05, 0.1) is 0 Å². The zero-order valence-electron chi connectivity index (χ0n) is 7.49. The number of amides is 1. The molecule has 0 radical (unpaired) electrons. The van der Waals surface area contributed by atoms with Crippen LogP contribution < -0.4 is 5.32 Å². The lowest BCUT2D eigenvalue weighted by atomic mass is 10.3. The minimum absolute atomic E-state index is 0.0975. The molecule has 13 heavy (non-hydrogen) atoms. The van der Waals surface area contributed by atoms with Gasteiger partial charge in [-0.25, -0.2) is 0 Å². The number of aromatic nitrogens is 1. The lowest BCUT2D eigenvalue weighted by Gasteiger charge is -2.03. The Hall–Kier alpha value is -1.42. The fourth-order valence-corrected chi connectivity index (χ4v) is 0.885. The van der Waals surface area contributed by atoms with Crippen molar-refractivity contribution in [2.45, 2.75) is 6.54 Å². The van der Waals surface area contributed by atoms with E-state index in [4.69, 9.17) is 0 Å². The molecule has 0 saturated carbocycles. The summed E-state index contributed by atoms with van der Waals surface area (Å²) in [6.07, 6.45) is 3.41. The van der Waals surface area contributed by atoms with Crippen molar-refractivity contribution >= 4 is 5.91 Å². The van der Waals surface area contributed by atoms with E-state index in [-0.39, 0.29) is 12.5 Å². The van der Waals surface area contributed by atoms with Crippen LogP contribution in [0.1, 0.15) is 5.56 Å². The van der Waals surface area contributed by atoms with Crippen molar-refractivity contribution in [2.75, 3.05) is 13.7 Å². The van der Waals surface area contributed by atoms with Gasteiger partial charge >= 0.3 is 0 Å². The Labute approximate surface area is 76.9 Å². The van der Waals surface area contributed by atoms with Crippen LogP contribution in [0.5, 0.6) is 0 Å². The summed E-state index contributed by atoms with van der Waals surface area (Å²) in [5.74, 6) is -0.119. The predicted octanol–water partition coefficient (Wildman–Crippen LogP) is 0.344. The molecule has 1 N–H and O–H groups in total. The molecule has 0 saturated heterocycles. The molecular formula is C9H12N2O2. The molecular weight excluding hydrogens is 168 g/mol. The van der Waals surface area contributed by atoms with Crippen LogP contribution in [0.3, 0.4) is 0 Å². The van der Waals surface area contributed by atoms with E-state index < -0.39 is 0 Å². The molecule has 0 aliphatic carbocycles. The van der Waals surface area contributed by atoms with Gasteiger partial charge in [0.25, 0.3) is 0 Å². The lowest BCUT2D eigenvalue weighted by Crippen LogP contribution is -2.26. The predicted molar refractivity (Wildman–Crippen MR) is 48.0 cm³/mol. The number of methoxy groups -OCH3 is 1. The van der Waals surface area contributed by atoms with E-state index in [9.17, 15) is 4.79 Å². The molecule has 1 amide bonds. The van der Waals surface area contributed by atoms with Gasteiger partial charge in [-0.1, -0.05) is 6.07 Å². The van der Waals surface area contributed by atoms with Gasteiger partial charge in [-0.2, -0.15) is 0 Å². The molecule has 0 aliphatic heterocycles. The summed E-state index contributed by atoms with van der Waals surface area (Å²) in [4.78, 5) is 14.9. The average molecular weight is 180 g/mol. The Morgan fingerprint density at radius 3 is 3.15 bits per heavy atom. The van der Waals surface area contributed by atoms with Crippen LogP contribution in [0, 0.1) is 0 Å². The Bertz CT molecular complexity index is 262. The summed E-state index contributed by atoms with van der Waals surface area (Å²) >= 11 is 0. The smallest absolute Gasteiger partial charge is 0.246 e. The second-order valence-corrected chi connectivity index (χ2v) is 2.57. The molecule has 0 aliphatic rings. The molecule has 4 heteroatoms. The number of pyridine rings is 1. The lowest BCUT2D eigenvalue weighted by molar-refractivity contribution is -0.124. The topological polar surface area (TPSA) is 51.2 Å². The van der Waals surface area contributed by atoms with Gasteiger partial charge in [-0.3, -0.25) is 9.78 Å². The van der Waals surface area contributed by atoms with E-state index in [1.54, 1.807) is 12.4 Å². The third-order valence-corrected chi connectivity index (χ3v) is 1.49. The van der Waals surface area contributed by atoms with Crippen LogP contribution in [0.4, 0.5) is 0 Å². The number of hydrogen-bond acceptors (Lipinski definition) is 3. The van der Waals surface area contributed by atoms with Gasteiger partial charge in [0.1, 0.15) is 6.61 Å². The largest absolute Gasteiger partial charge is 0.375 e. The number of hydrogen-bond donors (Lipinski definition) is 1. The van der Waals surface area contributed by atoms with Crippen LogP contribution in [0.15, 0.2) is 24.5 Å². The number of carbonyl (C=O) groups excluding carboxylic acids is 1. The van der Waals surface area contributed by atoms with Crippen molar-refractivity contribution in [3.63, 3.8) is 0 Å². The molecule has 1 aromatic heterocycles. The van der Waals surface area contributed by atoms with Crippen LogP contribution in [0.25, 0.3) is 0 Å². The monoisotopic (exact) mass is 180 g/mol. The first-order valence-corrected chi connectivity index (χ1v) is 3.97. The molecule has 0 unspecified atom stereocenters. The van der Waals surface area contributed by atoms with Crippen molar-refractivity contribution in [3.05, 3.63) is 30.1 Å². The molecule has 0 aromatic carbocycles. The summed E-state index contributed by atoms with van der Waals surface area (Å²) in [5, 5.41) is 2.70. The number of carbonyl (C=O) groups is 1. The highest BCUT2D eigenvalue weighted by molar-refractivity contribution is 5.77. The second kappa shape index (κ2) is 5.27. The SMILES string of the molecule is COCC(=O)NCc1cccnc1. The molecule has 0 spiro atoms. The molecule has 1 aromatic rings. The van der Waals surface area contributed by atoms with Crippen LogP contribution in [-0.2, 0) is 16.1 Å². The van der Waals surface area contributed by atoms with Gasteiger partial charge in [0, 0.05) is 26.0 Å². The Balaban J connectivity index is 2.31. The van der Waals surface area contributed by atoms with E-state index in [0.29, 0.717) is 6.54 Å². The van der Waals surface area contributed by atoms with Crippen molar-refractivity contribution in [1.29, 1.82) is 0 Å². The standard InChI is InChI=1S/C9H12N2O2/c1-13-7-9(12)11-6-8-3-2-4-10-5-8/h2-5H,6-7H2,1H3,(H,11,12). The molecule has 1 rings (SSSR count). The molecule has 1 heterocycles. The molecule has 0 bridgehead atoms. The molecule has 70 valence electrons. The Morgan fingerprint density at radius 2 is 2.54 bits per heavy atom. The van der Waals surface area contributed by atoms with E-state index in [1.165, 1.54) is 7.11 Å². The summed E-state index contributed by atoms with van der Waals surface area (Å²) < 4.78 is 4.66. The van der Waals surface area contributed by atoms with Gasteiger partial charge < -0.3 is 10.1 Å². The maximum Gasteiger partial charge on any atom is 0.246 e. The molecule has 0 fully saturated rings. The third kappa shape index (κ3) is 3.66. The highest BCUT2D eigenvalue weighted by Crippen LogP contribution is 1.93. The number of nitrogens with one attached hydrogen (secondary N) is 1. The zero-order valence-corrected chi connectivity index (χ0v) is 7.49. The van der Waals surface area contributed by atoms with Crippen molar-refractivity contribution < 1.29 is 9.53 Å². The first-order valence-electron chi connectivity index (χ1n) is 3.97. The molecule has 4 nitrogen and oxygen atoms in total. The maximum atomic E-state index is 11.0. The van der Waals surface area contributed by atoms with E-state index >= 15 is 0 Å². The average Bonchev–Trinajstić information content (AvgIpc) is 2.17. The first-order chi connectivity index (χ1) is 6.33. The maximum absolute atomic E-state index is 11.0. The summed E-state index contributed by atoms with van der Waals surface area (Å²) in [6, 6.07) is 3.73. The number of rotatable bonds is 4. The quantitative estimate of drug-likeness (QED) is 0.727. The first kappa shape index (κ1) is 9.67. The highest BCUT2D eigenvalue weighted by Gasteiger charge is 1.98. The summed E-state index contributed by atoms with van der Waals surface area (Å²) in [7, 11) is 1.49. The van der Waals surface area contributed by atoms with Crippen molar-refractivity contribution in [2.24, 2.45) is 0 Å². The normalized spacial score (nSPS) is 9.62. The Morgan fingerprint density at radius 1 is 1.69 bits per heavy atom. The molecule has 0 atom stereocenters. The number of ether oxygens (including phenoxy) is 1. The second-order valence-electron chi connectivity index (χ2n) is 2.57. The van der Waals surface area contributed by atoms with Crippen LogP contribution >= 0.6 is 0 Å². The van der Waals surface area contributed by atoms with E-state index in [0.717, 1.165) is 5.56 Å². The van der Waals surface area contributed by atoms with Gasteiger partial charge in [0.15, 0.2) is 0 Å². The summed E-state index contributed by atoms with van der Waals surface area (Å²) in [6.45, 7) is 0.594.